The van der Waals surface area contributed by atoms with Crippen LogP contribution in [0.15, 0.2) is 30.5 Å². The second kappa shape index (κ2) is 5.87. The molecule has 5 heteroatoms. The minimum Gasteiger partial charge on any atom is -0.378 e. The number of methoxy groups -OCH3 is 1. The molecular weight excluding hydrogens is 268 g/mol. The van der Waals surface area contributed by atoms with E-state index >= 15 is 0 Å². The van der Waals surface area contributed by atoms with Gasteiger partial charge in [-0.3, -0.25) is 4.79 Å². The van der Waals surface area contributed by atoms with Crippen LogP contribution in [0, 0.1) is 0 Å². The van der Waals surface area contributed by atoms with Crippen LogP contribution < -0.4 is 5.32 Å². The number of carbonyl (C=O) groups excluding carboxylic acids is 1. The van der Waals surface area contributed by atoms with Crippen molar-refractivity contribution in [3.8, 4) is 0 Å². The highest BCUT2D eigenvalue weighted by atomic mass is 16.5. The van der Waals surface area contributed by atoms with Gasteiger partial charge in [0.25, 0.3) is 0 Å². The van der Waals surface area contributed by atoms with Crippen molar-refractivity contribution in [3.63, 3.8) is 0 Å². The summed E-state index contributed by atoms with van der Waals surface area (Å²) in [5, 5.41) is 4.06. The third-order valence-corrected chi connectivity index (χ3v) is 4.13. The Morgan fingerprint density at radius 2 is 2.33 bits per heavy atom. The molecule has 1 saturated heterocycles. The number of para-hydroxylation sites is 1. The van der Waals surface area contributed by atoms with Gasteiger partial charge in [-0.05, 0) is 11.6 Å². The van der Waals surface area contributed by atoms with Crippen molar-refractivity contribution in [1.29, 1.82) is 0 Å². The van der Waals surface area contributed by atoms with E-state index in [1.807, 2.05) is 30.5 Å². The summed E-state index contributed by atoms with van der Waals surface area (Å²) in [6, 6.07) is 7.99. The Labute approximate surface area is 123 Å². The Bertz CT molecular complexity index is 629. The van der Waals surface area contributed by atoms with Crippen LogP contribution in [0.4, 0.5) is 0 Å². The van der Waals surface area contributed by atoms with Gasteiger partial charge in [0.1, 0.15) is 5.60 Å². The molecule has 3 rings (SSSR count). The van der Waals surface area contributed by atoms with E-state index in [1.54, 1.807) is 7.11 Å². The summed E-state index contributed by atoms with van der Waals surface area (Å²) in [5.74, 6) is 0.00285. The van der Waals surface area contributed by atoms with E-state index in [1.165, 1.54) is 0 Å². The Morgan fingerprint density at radius 3 is 3.10 bits per heavy atom. The second-order valence-electron chi connectivity index (χ2n) is 5.50. The molecule has 1 aromatic heterocycles. The minimum atomic E-state index is -0.365. The van der Waals surface area contributed by atoms with Crippen LogP contribution in [0.1, 0.15) is 12.0 Å². The zero-order chi connectivity index (χ0) is 14.7. The molecule has 0 spiro atoms. The first-order chi connectivity index (χ1) is 10.2. The first-order valence-electron chi connectivity index (χ1n) is 7.17. The average Bonchev–Trinajstić information content (AvgIpc) is 3.14. The van der Waals surface area contributed by atoms with Crippen LogP contribution in [0.25, 0.3) is 10.9 Å². The van der Waals surface area contributed by atoms with Gasteiger partial charge in [-0.15, -0.1) is 0 Å². The molecule has 1 atom stereocenters. The Hall–Kier alpha value is -1.85. The topological polar surface area (TPSA) is 63.3 Å². The van der Waals surface area contributed by atoms with Crippen molar-refractivity contribution in [2.75, 3.05) is 26.9 Å². The number of H-pyrrole nitrogens is 1. The zero-order valence-electron chi connectivity index (χ0n) is 12.1. The number of ether oxygens (including phenoxy) is 2. The van der Waals surface area contributed by atoms with Gasteiger partial charge in [-0.2, -0.15) is 0 Å². The van der Waals surface area contributed by atoms with Gasteiger partial charge in [0.2, 0.25) is 5.91 Å². The number of amides is 1. The molecule has 2 aromatic rings. The quantitative estimate of drug-likeness (QED) is 0.879. The van der Waals surface area contributed by atoms with Crippen LogP contribution in [-0.2, 0) is 20.7 Å². The summed E-state index contributed by atoms with van der Waals surface area (Å²) >= 11 is 0. The molecule has 2 heterocycles. The fourth-order valence-electron chi connectivity index (χ4n) is 2.73. The zero-order valence-corrected chi connectivity index (χ0v) is 12.1. The molecule has 0 aliphatic carbocycles. The van der Waals surface area contributed by atoms with Crippen molar-refractivity contribution in [2.24, 2.45) is 0 Å². The van der Waals surface area contributed by atoms with Crippen molar-refractivity contribution < 1.29 is 14.3 Å². The van der Waals surface area contributed by atoms with Crippen molar-refractivity contribution in [2.45, 2.75) is 18.4 Å². The lowest BCUT2D eigenvalue weighted by atomic mass is 10.0. The van der Waals surface area contributed by atoms with E-state index in [0.29, 0.717) is 26.2 Å². The number of aromatic amines is 1. The summed E-state index contributed by atoms with van der Waals surface area (Å²) in [4.78, 5) is 15.3. The fraction of sp³-hybridized carbons (Fsp3) is 0.438. The first kappa shape index (κ1) is 14.1. The molecule has 0 saturated carbocycles. The largest absolute Gasteiger partial charge is 0.378 e. The van der Waals surface area contributed by atoms with E-state index < -0.39 is 0 Å². The maximum Gasteiger partial charge on any atom is 0.224 e. The number of hydrogen-bond donors (Lipinski definition) is 2. The van der Waals surface area contributed by atoms with Gasteiger partial charge >= 0.3 is 0 Å². The molecule has 1 fully saturated rings. The van der Waals surface area contributed by atoms with Crippen LogP contribution in [0.3, 0.4) is 0 Å². The van der Waals surface area contributed by atoms with Crippen molar-refractivity contribution in [3.05, 3.63) is 36.0 Å². The fourth-order valence-corrected chi connectivity index (χ4v) is 2.73. The minimum absolute atomic E-state index is 0.00285. The third-order valence-electron chi connectivity index (χ3n) is 4.13. The SMILES string of the molecule is COC1(CNC(=O)Cc2c[nH]c3ccccc23)CCOC1. The smallest absolute Gasteiger partial charge is 0.224 e. The predicted molar refractivity (Wildman–Crippen MR) is 80.2 cm³/mol. The van der Waals surface area contributed by atoms with Crippen LogP contribution in [-0.4, -0.2) is 43.4 Å². The maximum atomic E-state index is 12.1. The van der Waals surface area contributed by atoms with Crippen LogP contribution in [0.5, 0.6) is 0 Å². The first-order valence-corrected chi connectivity index (χ1v) is 7.17. The third kappa shape index (κ3) is 2.94. The van der Waals surface area contributed by atoms with Gasteiger partial charge in [-0.1, -0.05) is 18.2 Å². The number of rotatable bonds is 5. The molecule has 1 amide bonds. The number of benzene rings is 1. The molecule has 1 aliphatic heterocycles. The monoisotopic (exact) mass is 288 g/mol. The summed E-state index contributed by atoms with van der Waals surface area (Å²) in [5.41, 5.74) is 1.70. The lowest BCUT2D eigenvalue weighted by Crippen LogP contribution is -2.45. The molecule has 1 unspecified atom stereocenters. The summed E-state index contributed by atoms with van der Waals surface area (Å²) < 4.78 is 10.9. The summed E-state index contributed by atoms with van der Waals surface area (Å²) in [6.07, 6.45) is 3.08. The highest BCUT2D eigenvalue weighted by Crippen LogP contribution is 2.22. The molecule has 5 nitrogen and oxygen atoms in total. The molecule has 0 bridgehead atoms. The van der Waals surface area contributed by atoms with E-state index in [4.69, 9.17) is 9.47 Å². The second-order valence-corrected chi connectivity index (χ2v) is 5.50. The number of fused-ring (bicyclic) bond motifs is 1. The number of aromatic nitrogens is 1. The normalized spacial score (nSPS) is 21.8. The predicted octanol–water partition coefficient (Wildman–Crippen LogP) is 1.63. The maximum absolute atomic E-state index is 12.1. The lowest BCUT2D eigenvalue weighted by molar-refractivity contribution is -0.122. The lowest BCUT2D eigenvalue weighted by Gasteiger charge is -2.25. The Morgan fingerprint density at radius 1 is 1.48 bits per heavy atom. The van der Waals surface area contributed by atoms with Crippen molar-refractivity contribution in [1.82, 2.24) is 10.3 Å². The molecule has 21 heavy (non-hydrogen) atoms. The van der Waals surface area contributed by atoms with Crippen LogP contribution >= 0.6 is 0 Å². The Balaban J connectivity index is 1.61. The van der Waals surface area contributed by atoms with E-state index in [0.717, 1.165) is 22.9 Å². The highest BCUT2D eigenvalue weighted by molar-refractivity contribution is 5.88. The van der Waals surface area contributed by atoms with E-state index in [9.17, 15) is 4.79 Å². The van der Waals surface area contributed by atoms with Gasteiger partial charge < -0.3 is 19.8 Å². The standard InChI is InChI=1S/C16H20N2O3/c1-20-16(6-7-21-11-16)10-18-15(19)8-12-9-17-14-5-3-2-4-13(12)14/h2-5,9,17H,6-8,10-11H2,1H3,(H,18,19). The molecule has 1 aromatic carbocycles. The molecule has 2 N–H and O–H groups in total. The number of hydrogen-bond acceptors (Lipinski definition) is 3. The average molecular weight is 288 g/mol. The molecular formula is C16H20N2O3. The van der Waals surface area contributed by atoms with Gasteiger partial charge in [-0.25, -0.2) is 0 Å². The molecule has 112 valence electrons. The van der Waals surface area contributed by atoms with E-state index in [2.05, 4.69) is 10.3 Å². The van der Waals surface area contributed by atoms with Gasteiger partial charge in [0.05, 0.1) is 13.0 Å². The van der Waals surface area contributed by atoms with Gasteiger partial charge in [0.15, 0.2) is 0 Å². The highest BCUT2D eigenvalue weighted by Gasteiger charge is 2.35. The number of carbonyl (C=O) groups is 1. The van der Waals surface area contributed by atoms with Crippen LogP contribution in [0.2, 0.25) is 0 Å². The Kier molecular flexibility index (Phi) is 3.94. The summed E-state index contributed by atoms with van der Waals surface area (Å²) in [6.45, 7) is 1.72. The van der Waals surface area contributed by atoms with Gasteiger partial charge in [0, 0.05) is 43.8 Å². The molecule has 1 aliphatic rings. The summed E-state index contributed by atoms with van der Waals surface area (Å²) in [7, 11) is 1.67. The number of nitrogens with one attached hydrogen (secondary N) is 2. The molecule has 0 radical (unpaired) electrons. The van der Waals surface area contributed by atoms with E-state index in [-0.39, 0.29) is 11.5 Å². The van der Waals surface area contributed by atoms with Crippen molar-refractivity contribution >= 4 is 16.8 Å².